The lowest BCUT2D eigenvalue weighted by atomic mass is 9.97. The zero-order chi connectivity index (χ0) is 27.3. The molecule has 0 aromatic heterocycles. The van der Waals surface area contributed by atoms with Gasteiger partial charge in [0.15, 0.2) is 0 Å². The molecule has 1 aromatic rings. The summed E-state index contributed by atoms with van der Waals surface area (Å²) in [5, 5.41) is 14.8. The summed E-state index contributed by atoms with van der Waals surface area (Å²) in [5.74, 6) is 0.481. The number of benzene rings is 1. The number of rotatable bonds is 12. The maximum Gasteiger partial charge on any atom is 0.408 e. The van der Waals surface area contributed by atoms with Crippen molar-refractivity contribution in [2.45, 2.75) is 64.6 Å². The molecule has 0 saturated heterocycles. The number of esters is 1. The van der Waals surface area contributed by atoms with Crippen molar-refractivity contribution in [1.29, 1.82) is 0 Å². The lowest BCUT2D eigenvalue weighted by molar-refractivity contribution is -0.145. The number of nitrogens with one attached hydrogen (secondary N) is 2. The van der Waals surface area contributed by atoms with E-state index in [2.05, 4.69) is 21.3 Å². The minimum Gasteiger partial charge on any atom is -0.468 e. The van der Waals surface area contributed by atoms with E-state index in [1.807, 2.05) is 6.92 Å². The quantitative estimate of drug-likeness (QED) is 0.225. The third kappa shape index (κ3) is 9.58. The Hall–Kier alpha value is -3.58. The standard InChI is InChI=1S/C26H37N3O7/c1-7-9-12-15-29(24(33)20(17-30)28-25(34)36-26(3,4)5)22(23(32)27-16-21(31)35-6)19-14-11-10-13-18(19)8-2/h2,10-11,13-14,20,22,30H,7,9,12,15-17H2,1,3-6H3,(H,27,32)(H,28,34). The molecule has 10 nitrogen and oxygen atoms in total. The minimum absolute atomic E-state index is 0.133. The Kier molecular flexibility index (Phi) is 12.5. The molecule has 0 aliphatic carbocycles. The fourth-order valence-corrected chi connectivity index (χ4v) is 3.38. The molecular formula is C26H37N3O7. The molecule has 36 heavy (non-hydrogen) atoms. The van der Waals surface area contributed by atoms with Gasteiger partial charge in [0.2, 0.25) is 11.8 Å². The molecule has 10 heteroatoms. The third-order valence-electron chi connectivity index (χ3n) is 5.06. The number of aliphatic hydroxyl groups is 1. The fourth-order valence-electron chi connectivity index (χ4n) is 3.38. The molecule has 0 saturated carbocycles. The third-order valence-corrected chi connectivity index (χ3v) is 5.06. The number of aliphatic hydroxyl groups excluding tert-OH is 1. The van der Waals surface area contributed by atoms with Gasteiger partial charge in [0.05, 0.1) is 13.7 Å². The van der Waals surface area contributed by atoms with Gasteiger partial charge in [-0.1, -0.05) is 43.9 Å². The number of methoxy groups -OCH3 is 1. The molecule has 1 rings (SSSR count). The number of alkyl carbamates (subject to hydrolysis) is 1. The SMILES string of the molecule is C#Cc1ccccc1C(C(=O)NCC(=O)OC)N(CCCCC)C(=O)C(CO)NC(=O)OC(C)(C)C. The van der Waals surface area contributed by atoms with E-state index in [0.717, 1.165) is 12.8 Å². The zero-order valence-electron chi connectivity index (χ0n) is 21.6. The van der Waals surface area contributed by atoms with E-state index in [4.69, 9.17) is 11.2 Å². The first kappa shape index (κ1) is 30.5. The summed E-state index contributed by atoms with van der Waals surface area (Å²) in [6, 6.07) is 4.01. The smallest absolute Gasteiger partial charge is 0.408 e. The van der Waals surface area contributed by atoms with E-state index < -0.39 is 54.7 Å². The van der Waals surface area contributed by atoms with E-state index in [1.165, 1.54) is 12.0 Å². The molecule has 198 valence electrons. The monoisotopic (exact) mass is 503 g/mol. The van der Waals surface area contributed by atoms with Gasteiger partial charge in [0.25, 0.3) is 0 Å². The molecule has 3 N–H and O–H groups in total. The maximum absolute atomic E-state index is 13.7. The van der Waals surface area contributed by atoms with Gasteiger partial charge in [-0.2, -0.15) is 0 Å². The highest BCUT2D eigenvalue weighted by Gasteiger charge is 2.36. The summed E-state index contributed by atoms with van der Waals surface area (Å²) in [6.07, 6.45) is 6.94. The molecule has 0 heterocycles. The number of terminal acetylenes is 1. The average Bonchev–Trinajstić information content (AvgIpc) is 2.83. The second-order valence-corrected chi connectivity index (χ2v) is 9.05. The first-order valence-corrected chi connectivity index (χ1v) is 11.8. The summed E-state index contributed by atoms with van der Waals surface area (Å²) < 4.78 is 9.81. The van der Waals surface area contributed by atoms with Gasteiger partial charge in [0, 0.05) is 12.1 Å². The van der Waals surface area contributed by atoms with Crippen LogP contribution in [0, 0.1) is 12.3 Å². The van der Waals surface area contributed by atoms with Gasteiger partial charge >= 0.3 is 12.1 Å². The molecule has 0 bridgehead atoms. The van der Waals surface area contributed by atoms with Crippen molar-refractivity contribution in [1.82, 2.24) is 15.5 Å². The van der Waals surface area contributed by atoms with Crippen molar-refractivity contribution < 1.29 is 33.8 Å². The molecule has 0 fully saturated rings. The van der Waals surface area contributed by atoms with Crippen molar-refractivity contribution in [3.63, 3.8) is 0 Å². The highest BCUT2D eigenvalue weighted by atomic mass is 16.6. The fraction of sp³-hybridized carbons (Fsp3) is 0.538. The van der Waals surface area contributed by atoms with Crippen LogP contribution in [0.1, 0.15) is 64.1 Å². The number of hydrogen-bond acceptors (Lipinski definition) is 7. The van der Waals surface area contributed by atoms with Crippen LogP contribution in [0.3, 0.4) is 0 Å². The second kappa shape index (κ2) is 14.7. The van der Waals surface area contributed by atoms with Crippen molar-refractivity contribution >= 4 is 23.9 Å². The van der Waals surface area contributed by atoms with Crippen LogP contribution in [-0.2, 0) is 23.9 Å². The van der Waals surface area contributed by atoms with Gasteiger partial charge in [-0.15, -0.1) is 6.42 Å². The first-order valence-electron chi connectivity index (χ1n) is 11.8. The van der Waals surface area contributed by atoms with Gasteiger partial charge in [-0.3, -0.25) is 14.4 Å². The van der Waals surface area contributed by atoms with Crippen LogP contribution in [0.2, 0.25) is 0 Å². The van der Waals surface area contributed by atoms with Crippen LogP contribution in [0.25, 0.3) is 0 Å². The van der Waals surface area contributed by atoms with E-state index in [9.17, 15) is 24.3 Å². The number of amides is 3. The molecular weight excluding hydrogens is 466 g/mol. The summed E-state index contributed by atoms with van der Waals surface area (Å²) in [7, 11) is 1.19. The predicted molar refractivity (Wildman–Crippen MR) is 134 cm³/mol. The van der Waals surface area contributed by atoms with E-state index in [0.29, 0.717) is 17.5 Å². The maximum atomic E-state index is 13.7. The summed E-state index contributed by atoms with van der Waals surface area (Å²) in [4.78, 5) is 52.3. The summed E-state index contributed by atoms with van der Waals surface area (Å²) in [5.41, 5.74) is -0.0819. The van der Waals surface area contributed by atoms with Gasteiger partial charge in [-0.05, 0) is 38.8 Å². The minimum atomic E-state index is -1.38. The van der Waals surface area contributed by atoms with Gasteiger partial charge < -0.3 is 30.1 Å². The number of carbonyl (C=O) groups excluding carboxylic acids is 4. The number of hydrogen-bond donors (Lipinski definition) is 3. The Morgan fingerprint density at radius 3 is 2.39 bits per heavy atom. The average molecular weight is 504 g/mol. The molecule has 2 unspecified atom stereocenters. The summed E-state index contributed by atoms with van der Waals surface area (Å²) in [6.45, 7) is 5.97. The molecule has 0 aliphatic rings. The van der Waals surface area contributed by atoms with E-state index in [1.54, 1.807) is 45.0 Å². The van der Waals surface area contributed by atoms with Crippen LogP contribution in [0.5, 0.6) is 0 Å². The Labute approximate surface area is 212 Å². The first-order chi connectivity index (χ1) is 17.0. The molecule has 1 aromatic carbocycles. The van der Waals surface area contributed by atoms with E-state index >= 15 is 0 Å². The van der Waals surface area contributed by atoms with Crippen molar-refractivity contribution in [2.24, 2.45) is 0 Å². The van der Waals surface area contributed by atoms with Crippen LogP contribution in [0.4, 0.5) is 4.79 Å². The molecule has 2 atom stereocenters. The Morgan fingerprint density at radius 2 is 1.83 bits per heavy atom. The Balaban J connectivity index is 3.47. The highest BCUT2D eigenvalue weighted by molar-refractivity contribution is 5.93. The second-order valence-electron chi connectivity index (χ2n) is 9.05. The Morgan fingerprint density at radius 1 is 1.17 bits per heavy atom. The number of carbonyl (C=O) groups is 4. The van der Waals surface area contributed by atoms with Crippen LogP contribution < -0.4 is 10.6 Å². The zero-order valence-corrected chi connectivity index (χ0v) is 21.6. The van der Waals surface area contributed by atoms with Crippen LogP contribution in [-0.4, -0.2) is 72.3 Å². The van der Waals surface area contributed by atoms with Crippen molar-refractivity contribution in [3.05, 3.63) is 35.4 Å². The Bertz CT molecular complexity index is 950. The van der Waals surface area contributed by atoms with Crippen molar-refractivity contribution in [2.75, 3.05) is 26.8 Å². The lowest BCUT2D eigenvalue weighted by Crippen LogP contribution is -2.55. The van der Waals surface area contributed by atoms with Crippen molar-refractivity contribution in [3.8, 4) is 12.3 Å². The molecule has 3 amide bonds. The predicted octanol–water partition coefficient (Wildman–Crippen LogP) is 1.90. The van der Waals surface area contributed by atoms with Crippen LogP contribution in [0.15, 0.2) is 24.3 Å². The normalized spacial score (nSPS) is 12.5. The number of ether oxygens (including phenoxy) is 2. The topological polar surface area (TPSA) is 134 Å². The number of unbranched alkanes of at least 4 members (excludes halogenated alkanes) is 2. The largest absolute Gasteiger partial charge is 0.468 e. The summed E-state index contributed by atoms with van der Waals surface area (Å²) >= 11 is 0. The van der Waals surface area contributed by atoms with E-state index in [-0.39, 0.29) is 6.54 Å². The molecule has 0 radical (unpaired) electrons. The van der Waals surface area contributed by atoms with Crippen LogP contribution >= 0.6 is 0 Å². The molecule has 0 spiro atoms. The molecule has 0 aliphatic heterocycles. The highest BCUT2D eigenvalue weighted by Crippen LogP contribution is 2.26. The lowest BCUT2D eigenvalue weighted by Gasteiger charge is -2.34. The van der Waals surface area contributed by atoms with Gasteiger partial charge in [0.1, 0.15) is 24.2 Å². The van der Waals surface area contributed by atoms with Gasteiger partial charge in [-0.25, -0.2) is 4.79 Å². The number of nitrogens with zero attached hydrogens (tertiary/aromatic N) is 1.